The van der Waals surface area contributed by atoms with Gasteiger partial charge in [-0.3, -0.25) is 10.1 Å². The van der Waals surface area contributed by atoms with Crippen LogP contribution in [0.4, 0.5) is 24.5 Å². The summed E-state index contributed by atoms with van der Waals surface area (Å²) in [6.07, 6.45) is -2.78. The van der Waals surface area contributed by atoms with Crippen LogP contribution in [-0.2, 0) is 11.0 Å². The number of nitro groups is 1. The van der Waals surface area contributed by atoms with Gasteiger partial charge in [0, 0.05) is 6.07 Å². The van der Waals surface area contributed by atoms with Crippen LogP contribution in [0.5, 0.6) is 0 Å². The summed E-state index contributed by atoms with van der Waals surface area (Å²) in [7, 11) is 0. The summed E-state index contributed by atoms with van der Waals surface area (Å²) in [5.74, 6) is -0.749. The third-order valence-corrected chi connectivity index (χ3v) is 3.40. The summed E-state index contributed by atoms with van der Waals surface area (Å²) in [5.41, 5.74) is -2.24. The van der Waals surface area contributed by atoms with Gasteiger partial charge in [0.05, 0.1) is 10.5 Å². The van der Waals surface area contributed by atoms with Gasteiger partial charge in [0.2, 0.25) is 0 Å². The van der Waals surface area contributed by atoms with E-state index in [2.05, 4.69) is 5.32 Å². The molecular weight excluding hydrogens is 325 g/mol. The highest BCUT2D eigenvalue weighted by molar-refractivity contribution is 7.98. The molecule has 0 heterocycles. The molecule has 6 nitrogen and oxygen atoms in total. The molecule has 2 N–H and O–H groups in total. The molecule has 0 aliphatic rings. The third-order valence-electron chi connectivity index (χ3n) is 2.76. The van der Waals surface area contributed by atoms with Crippen LogP contribution in [-0.4, -0.2) is 34.0 Å². The maximum absolute atomic E-state index is 12.6. The van der Waals surface area contributed by atoms with Crippen LogP contribution >= 0.6 is 11.8 Å². The minimum absolute atomic E-state index is 0.175. The molecule has 22 heavy (non-hydrogen) atoms. The Morgan fingerprint density at radius 3 is 2.59 bits per heavy atom. The molecule has 0 radical (unpaired) electrons. The lowest BCUT2D eigenvalue weighted by Crippen LogP contribution is -2.30. The van der Waals surface area contributed by atoms with Gasteiger partial charge in [-0.05, 0) is 30.6 Å². The predicted molar refractivity (Wildman–Crippen MR) is 76.1 cm³/mol. The highest BCUT2D eigenvalue weighted by Gasteiger charge is 2.33. The van der Waals surface area contributed by atoms with Crippen molar-refractivity contribution in [1.82, 2.24) is 0 Å². The predicted octanol–water partition coefficient (Wildman–Crippen LogP) is 3.23. The van der Waals surface area contributed by atoms with Crippen LogP contribution in [0, 0.1) is 10.1 Å². The number of carbonyl (C=O) groups is 1. The van der Waals surface area contributed by atoms with Gasteiger partial charge in [0.15, 0.2) is 0 Å². The zero-order valence-corrected chi connectivity index (χ0v) is 12.2. The summed E-state index contributed by atoms with van der Waals surface area (Å²) < 4.78 is 37.7. The molecule has 0 amide bonds. The lowest BCUT2D eigenvalue weighted by atomic mass is 10.1. The number of rotatable bonds is 7. The number of halogens is 3. The minimum atomic E-state index is -4.71. The van der Waals surface area contributed by atoms with Crippen LogP contribution in [0.3, 0.4) is 0 Å². The van der Waals surface area contributed by atoms with Crippen LogP contribution < -0.4 is 5.32 Å². The maximum Gasteiger partial charge on any atom is 0.416 e. The lowest BCUT2D eigenvalue weighted by molar-refractivity contribution is -0.384. The van der Waals surface area contributed by atoms with Crippen molar-refractivity contribution in [3.63, 3.8) is 0 Å². The van der Waals surface area contributed by atoms with Crippen molar-refractivity contribution < 1.29 is 28.0 Å². The maximum atomic E-state index is 12.6. The number of nitrogens with one attached hydrogen (secondary N) is 1. The second-order valence-corrected chi connectivity index (χ2v) is 5.29. The van der Waals surface area contributed by atoms with Crippen molar-refractivity contribution in [3.05, 3.63) is 33.9 Å². The zero-order valence-electron chi connectivity index (χ0n) is 11.4. The van der Waals surface area contributed by atoms with E-state index < -0.39 is 34.4 Å². The van der Waals surface area contributed by atoms with E-state index in [1.807, 2.05) is 0 Å². The first kappa shape index (κ1) is 18.1. The van der Waals surface area contributed by atoms with Gasteiger partial charge in [0.1, 0.15) is 11.7 Å². The number of hydrogen-bond acceptors (Lipinski definition) is 5. The Kier molecular flexibility index (Phi) is 6.03. The summed E-state index contributed by atoms with van der Waals surface area (Å²) >= 11 is 1.39. The number of carboxylic acid groups (broad SMARTS) is 1. The van der Waals surface area contributed by atoms with Gasteiger partial charge in [-0.25, -0.2) is 4.79 Å². The van der Waals surface area contributed by atoms with E-state index in [4.69, 9.17) is 5.11 Å². The van der Waals surface area contributed by atoms with Crippen LogP contribution in [0.1, 0.15) is 12.0 Å². The van der Waals surface area contributed by atoms with Gasteiger partial charge < -0.3 is 10.4 Å². The topological polar surface area (TPSA) is 92.5 Å². The van der Waals surface area contributed by atoms with Crippen LogP contribution in [0.2, 0.25) is 0 Å². The van der Waals surface area contributed by atoms with Crippen molar-refractivity contribution in [2.45, 2.75) is 18.6 Å². The van der Waals surface area contributed by atoms with E-state index in [1.165, 1.54) is 11.8 Å². The highest BCUT2D eigenvalue weighted by atomic mass is 32.2. The summed E-state index contributed by atoms with van der Waals surface area (Å²) in [5, 5.41) is 22.4. The average Bonchev–Trinajstić information content (AvgIpc) is 2.41. The van der Waals surface area contributed by atoms with E-state index in [9.17, 15) is 28.1 Å². The van der Waals surface area contributed by atoms with Crippen molar-refractivity contribution in [3.8, 4) is 0 Å². The van der Waals surface area contributed by atoms with Crippen LogP contribution in [0.25, 0.3) is 0 Å². The average molecular weight is 338 g/mol. The van der Waals surface area contributed by atoms with Gasteiger partial charge in [-0.2, -0.15) is 24.9 Å². The molecule has 10 heteroatoms. The number of nitrogens with zero attached hydrogens (tertiary/aromatic N) is 1. The molecule has 0 aromatic heterocycles. The smallest absolute Gasteiger partial charge is 0.416 e. The van der Waals surface area contributed by atoms with Gasteiger partial charge in [-0.15, -0.1) is 0 Å². The fourth-order valence-electron chi connectivity index (χ4n) is 1.66. The fraction of sp³-hybridized carbons (Fsp3) is 0.417. The second kappa shape index (κ2) is 7.34. The van der Waals surface area contributed by atoms with Crippen molar-refractivity contribution in [2.75, 3.05) is 17.3 Å². The zero-order chi connectivity index (χ0) is 16.9. The molecule has 1 rings (SSSR count). The number of hydrogen-bond donors (Lipinski definition) is 2. The third kappa shape index (κ3) is 4.79. The van der Waals surface area contributed by atoms with E-state index in [1.54, 1.807) is 6.26 Å². The first-order valence-electron chi connectivity index (χ1n) is 6.00. The molecular formula is C12H13F3N2O4S. The fourth-order valence-corrected chi connectivity index (χ4v) is 2.13. The molecule has 1 unspecified atom stereocenters. The first-order valence-corrected chi connectivity index (χ1v) is 7.40. The second-order valence-electron chi connectivity index (χ2n) is 4.30. The molecule has 122 valence electrons. The first-order chi connectivity index (χ1) is 10.2. The lowest BCUT2D eigenvalue weighted by Gasteiger charge is -2.16. The SMILES string of the molecule is CSCCC(Nc1ccc(C(F)(F)F)cc1[N+](=O)[O-])C(=O)O. The Morgan fingerprint density at radius 2 is 2.14 bits per heavy atom. The summed E-state index contributed by atoms with van der Waals surface area (Å²) in [4.78, 5) is 21.0. The summed E-state index contributed by atoms with van der Waals surface area (Å²) in [6.45, 7) is 0. The molecule has 1 atom stereocenters. The Hall–Kier alpha value is -1.97. The van der Waals surface area contributed by atoms with E-state index in [0.29, 0.717) is 17.9 Å². The Bertz CT molecular complexity index is 566. The number of aliphatic carboxylic acids is 1. The molecule has 1 aromatic rings. The van der Waals surface area contributed by atoms with Crippen molar-refractivity contribution in [2.24, 2.45) is 0 Å². The highest BCUT2D eigenvalue weighted by Crippen LogP contribution is 2.35. The molecule has 0 aliphatic heterocycles. The van der Waals surface area contributed by atoms with E-state index in [0.717, 1.165) is 6.07 Å². The molecule has 0 saturated carbocycles. The van der Waals surface area contributed by atoms with E-state index in [-0.39, 0.29) is 12.1 Å². The number of alkyl halides is 3. The van der Waals surface area contributed by atoms with Crippen molar-refractivity contribution >= 4 is 29.1 Å². The minimum Gasteiger partial charge on any atom is -0.480 e. The Labute approximate surface area is 127 Å². The summed E-state index contributed by atoms with van der Waals surface area (Å²) in [6, 6.07) is 0.803. The molecule has 0 bridgehead atoms. The number of anilines is 1. The standard InChI is InChI=1S/C12H13F3N2O4S/c1-22-5-4-9(11(18)19)16-8-3-2-7(12(13,14)15)6-10(8)17(20)21/h2-3,6,9,16H,4-5H2,1H3,(H,18,19). The van der Waals surface area contributed by atoms with Gasteiger partial charge in [-0.1, -0.05) is 0 Å². The van der Waals surface area contributed by atoms with E-state index >= 15 is 0 Å². The molecule has 0 saturated heterocycles. The number of carboxylic acids is 1. The van der Waals surface area contributed by atoms with Gasteiger partial charge >= 0.3 is 12.1 Å². The normalized spacial score (nSPS) is 12.7. The van der Waals surface area contributed by atoms with Gasteiger partial charge in [0.25, 0.3) is 5.69 Å². The largest absolute Gasteiger partial charge is 0.480 e. The van der Waals surface area contributed by atoms with Crippen molar-refractivity contribution in [1.29, 1.82) is 0 Å². The molecule has 0 fully saturated rings. The quantitative estimate of drug-likeness (QED) is 0.586. The monoisotopic (exact) mass is 338 g/mol. The molecule has 0 spiro atoms. The Morgan fingerprint density at radius 1 is 1.50 bits per heavy atom. The Balaban J connectivity index is 3.12. The van der Waals surface area contributed by atoms with Crippen LogP contribution in [0.15, 0.2) is 18.2 Å². The number of thioether (sulfide) groups is 1. The number of benzene rings is 1. The number of nitro benzene ring substituents is 1. The molecule has 0 aliphatic carbocycles. The molecule has 1 aromatic carbocycles.